The maximum Gasteiger partial charge on any atom is 0.326 e. The standard InChI is InChI=1S/C19H20N2O4/c20-17(22)11-10-16(19(24)25)21-18(23)12-14-8-4-5-9-15(14)13-6-2-1-3-7-13/h1-9,16H,10-12H2,(H2,20,22)(H,21,23)(H,24,25)/t16-/m0/s1. The SMILES string of the molecule is NC(=O)CC[C@H](NC(=O)Cc1ccccc1-c1ccccc1)C(=O)O. The monoisotopic (exact) mass is 340 g/mol. The number of hydrogen-bond donors (Lipinski definition) is 3. The van der Waals surface area contributed by atoms with Gasteiger partial charge in [-0.05, 0) is 23.1 Å². The highest BCUT2D eigenvalue weighted by Crippen LogP contribution is 2.23. The highest BCUT2D eigenvalue weighted by molar-refractivity contribution is 5.87. The second kappa shape index (κ2) is 8.63. The molecule has 130 valence electrons. The molecule has 4 N–H and O–H groups in total. The molecule has 6 heteroatoms. The number of hydrogen-bond acceptors (Lipinski definition) is 3. The second-order valence-electron chi connectivity index (χ2n) is 5.66. The lowest BCUT2D eigenvalue weighted by molar-refractivity contribution is -0.142. The first-order valence-corrected chi connectivity index (χ1v) is 7.91. The predicted molar refractivity (Wildman–Crippen MR) is 93.6 cm³/mol. The van der Waals surface area contributed by atoms with Gasteiger partial charge in [0, 0.05) is 6.42 Å². The molecular weight excluding hydrogens is 320 g/mol. The molecule has 0 fully saturated rings. The molecule has 0 aliphatic heterocycles. The zero-order valence-corrected chi connectivity index (χ0v) is 13.6. The number of benzene rings is 2. The van der Waals surface area contributed by atoms with Crippen LogP contribution in [0.1, 0.15) is 18.4 Å². The number of primary amides is 1. The van der Waals surface area contributed by atoms with Crippen LogP contribution < -0.4 is 11.1 Å². The van der Waals surface area contributed by atoms with Crippen LogP contribution in [-0.2, 0) is 20.8 Å². The molecule has 0 radical (unpaired) electrons. The summed E-state index contributed by atoms with van der Waals surface area (Å²) >= 11 is 0. The van der Waals surface area contributed by atoms with Crippen LogP contribution in [-0.4, -0.2) is 28.9 Å². The normalized spacial score (nSPS) is 11.5. The molecule has 6 nitrogen and oxygen atoms in total. The summed E-state index contributed by atoms with van der Waals surface area (Å²) in [5, 5.41) is 11.6. The molecule has 0 aliphatic rings. The van der Waals surface area contributed by atoms with E-state index in [2.05, 4.69) is 5.32 Å². The van der Waals surface area contributed by atoms with Crippen LogP contribution in [0.3, 0.4) is 0 Å². The van der Waals surface area contributed by atoms with Gasteiger partial charge in [0.05, 0.1) is 6.42 Å². The molecule has 2 amide bonds. The third-order valence-electron chi connectivity index (χ3n) is 3.77. The number of nitrogens with two attached hydrogens (primary N) is 1. The van der Waals surface area contributed by atoms with Crippen molar-refractivity contribution in [3.63, 3.8) is 0 Å². The zero-order chi connectivity index (χ0) is 18.2. The van der Waals surface area contributed by atoms with Gasteiger partial charge in [-0.15, -0.1) is 0 Å². The van der Waals surface area contributed by atoms with Gasteiger partial charge in [0.25, 0.3) is 0 Å². The summed E-state index contributed by atoms with van der Waals surface area (Å²) in [5.41, 5.74) is 7.73. The average molecular weight is 340 g/mol. The first-order chi connectivity index (χ1) is 12.0. The second-order valence-corrected chi connectivity index (χ2v) is 5.66. The van der Waals surface area contributed by atoms with E-state index >= 15 is 0 Å². The van der Waals surface area contributed by atoms with Crippen LogP contribution in [0.5, 0.6) is 0 Å². The third-order valence-corrected chi connectivity index (χ3v) is 3.77. The Morgan fingerprint density at radius 2 is 1.64 bits per heavy atom. The lowest BCUT2D eigenvalue weighted by atomic mass is 9.97. The molecule has 1 atom stereocenters. The van der Waals surface area contributed by atoms with Crippen molar-refractivity contribution < 1.29 is 19.5 Å². The van der Waals surface area contributed by atoms with Gasteiger partial charge in [0.2, 0.25) is 11.8 Å². The number of amides is 2. The van der Waals surface area contributed by atoms with E-state index in [4.69, 9.17) is 10.8 Å². The lowest BCUT2D eigenvalue weighted by Gasteiger charge is -2.15. The van der Waals surface area contributed by atoms with E-state index < -0.39 is 23.8 Å². The van der Waals surface area contributed by atoms with Gasteiger partial charge in [0.15, 0.2) is 0 Å². The van der Waals surface area contributed by atoms with Crippen LogP contribution in [0.15, 0.2) is 54.6 Å². The Morgan fingerprint density at radius 3 is 2.28 bits per heavy atom. The molecular formula is C19H20N2O4. The Morgan fingerprint density at radius 1 is 1.00 bits per heavy atom. The summed E-state index contributed by atoms with van der Waals surface area (Å²) < 4.78 is 0. The van der Waals surface area contributed by atoms with Crippen LogP contribution in [0, 0.1) is 0 Å². The first-order valence-electron chi connectivity index (χ1n) is 7.91. The van der Waals surface area contributed by atoms with Crippen molar-refractivity contribution in [3.8, 4) is 11.1 Å². The average Bonchev–Trinajstić information content (AvgIpc) is 2.59. The van der Waals surface area contributed by atoms with Crippen LogP contribution in [0.2, 0.25) is 0 Å². The zero-order valence-electron chi connectivity index (χ0n) is 13.6. The topological polar surface area (TPSA) is 109 Å². The highest BCUT2D eigenvalue weighted by Gasteiger charge is 2.21. The number of carboxylic acids is 1. The van der Waals surface area contributed by atoms with Gasteiger partial charge in [-0.3, -0.25) is 9.59 Å². The van der Waals surface area contributed by atoms with Crippen molar-refractivity contribution in [2.45, 2.75) is 25.3 Å². The fraction of sp³-hybridized carbons (Fsp3) is 0.211. The fourth-order valence-electron chi connectivity index (χ4n) is 2.54. The molecule has 0 saturated carbocycles. The van der Waals surface area contributed by atoms with Crippen LogP contribution in [0.25, 0.3) is 11.1 Å². The minimum absolute atomic E-state index is 0.0310. The fourth-order valence-corrected chi connectivity index (χ4v) is 2.54. The highest BCUT2D eigenvalue weighted by atomic mass is 16.4. The van der Waals surface area contributed by atoms with Crippen molar-refractivity contribution >= 4 is 17.8 Å². The number of rotatable bonds is 8. The molecule has 0 aromatic heterocycles. The number of aliphatic carboxylic acids is 1. The molecule has 2 aromatic carbocycles. The molecule has 0 bridgehead atoms. The number of carbonyl (C=O) groups excluding carboxylic acids is 2. The summed E-state index contributed by atoms with van der Waals surface area (Å²) in [6, 6.07) is 16.0. The maximum absolute atomic E-state index is 12.3. The van der Waals surface area contributed by atoms with E-state index in [0.717, 1.165) is 16.7 Å². The van der Waals surface area contributed by atoms with Crippen molar-refractivity contribution in [1.82, 2.24) is 5.32 Å². The summed E-state index contributed by atoms with van der Waals surface area (Å²) in [4.78, 5) is 34.3. The van der Waals surface area contributed by atoms with Gasteiger partial charge < -0.3 is 16.2 Å². The lowest BCUT2D eigenvalue weighted by Crippen LogP contribution is -2.42. The third kappa shape index (κ3) is 5.46. The van der Waals surface area contributed by atoms with E-state index in [1.807, 2.05) is 54.6 Å². The van der Waals surface area contributed by atoms with Crippen molar-refractivity contribution in [1.29, 1.82) is 0 Å². The van der Waals surface area contributed by atoms with Crippen molar-refractivity contribution in [2.75, 3.05) is 0 Å². The molecule has 0 aliphatic carbocycles. The van der Waals surface area contributed by atoms with E-state index in [1.165, 1.54) is 0 Å². The summed E-state index contributed by atoms with van der Waals surface area (Å²) in [6.07, 6.45) is -0.0833. The van der Waals surface area contributed by atoms with Gasteiger partial charge >= 0.3 is 5.97 Å². The number of nitrogens with one attached hydrogen (secondary N) is 1. The van der Waals surface area contributed by atoms with Gasteiger partial charge in [-0.25, -0.2) is 4.79 Å². The van der Waals surface area contributed by atoms with Crippen LogP contribution in [0.4, 0.5) is 0 Å². The summed E-state index contributed by atoms with van der Waals surface area (Å²) in [6.45, 7) is 0. The van der Waals surface area contributed by atoms with Gasteiger partial charge in [-0.1, -0.05) is 54.6 Å². The molecule has 0 unspecified atom stereocenters. The number of carbonyl (C=O) groups is 3. The Hall–Kier alpha value is -3.15. The molecule has 2 aromatic rings. The molecule has 2 rings (SSSR count). The van der Waals surface area contributed by atoms with Crippen molar-refractivity contribution in [2.24, 2.45) is 5.73 Å². The molecule has 0 heterocycles. The Bertz CT molecular complexity index is 759. The molecule has 25 heavy (non-hydrogen) atoms. The Labute approximate surface area is 145 Å². The smallest absolute Gasteiger partial charge is 0.326 e. The Balaban J connectivity index is 2.10. The molecule has 0 saturated heterocycles. The van der Waals surface area contributed by atoms with Crippen molar-refractivity contribution in [3.05, 3.63) is 60.2 Å². The van der Waals surface area contributed by atoms with E-state index in [-0.39, 0.29) is 19.3 Å². The van der Waals surface area contributed by atoms with E-state index in [9.17, 15) is 14.4 Å². The van der Waals surface area contributed by atoms with Gasteiger partial charge in [-0.2, -0.15) is 0 Å². The minimum atomic E-state index is -1.19. The first kappa shape index (κ1) is 18.2. The predicted octanol–water partition coefficient (Wildman–Crippen LogP) is 1.73. The van der Waals surface area contributed by atoms with E-state index in [1.54, 1.807) is 0 Å². The Kier molecular flexibility index (Phi) is 6.28. The number of carboxylic acid groups (broad SMARTS) is 1. The quantitative estimate of drug-likeness (QED) is 0.680. The maximum atomic E-state index is 12.3. The minimum Gasteiger partial charge on any atom is -0.480 e. The summed E-state index contributed by atoms with van der Waals surface area (Å²) in [7, 11) is 0. The largest absolute Gasteiger partial charge is 0.480 e. The van der Waals surface area contributed by atoms with Crippen LogP contribution >= 0.6 is 0 Å². The van der Waals surface area contributed by atoms with E-state index in [0.29, 0.717) is 0 Å². The molecule has 0 spiro atoms. The van der Waals surface area contributed by atoms with Gasteiger partial charge in [0.1, 0.15) is 6.04 Å². The summed E-state index contributed by atoms with van der Waals surface area (Å²) in [5.74, 6) is -2.21.